The van der Waals surface area contributed by atoms with Crippen LogP contribution in [-0.2, 0) is 11.3 Å². The molecule has 3 rings (SSSR count). The number of Topliss-reactive ketones (excluding diaryl/α,β-unsaturated/α-hetero) is 1. The first kappa shape index (κ1) is 13.5. The van der Waals surface area contributed by atoms with Gasteiger partial charge in [0.15, 0.2) is 11.5 Å². The number of hydrogen-bond acceptors (Lipinski definition) is 5. The van der Waals surface area contributed by atoms with E-state index >= 15 is 0 Å². The average molecular weight is 351 g/mol. The molecule has 106 valence electrons. The van der Waals surface area contributed by atoms with Gasteiger partial charge in [-0.25, -0.2) is 4.79 Å². The van der Waals surface area contributed by atoms with Crippen molar-refractivity contribution in [3.8, 4) is 0 Å². The Hall–Kier alpha value is -2.48. The van der Waals surface area contributed by atoms with E-state index in [1.54, 1.807) is 18.2 Å². The number of aromatic nitrogens is 1. The van der Waals surface area contributed by atoms with Crippen molar-refractivity contribution in [2.24, 2.45) is 0 Å². The lowest BCUT2D eigenvalue weighted by molar-refractivity contribution is -0.114. The SMILES string of the molecule is O=C(O)c1cc(CN2C(=O)C(=O)c3cc(Br)ccc32)on1. The molecule has 8 heteroatoms. The van der Waals surface area contributed by atoms with Crippen LogP contribution in [0, 0.1) is 0 Å². The van der Waals surface area contributed by atoms with Crippen LogP contribution in [0.5, 0.6) is 0 Å². The zero-order valence-electron chi connectivity index (χ0n) is 10.4. The molecule has 2 heterocycles. The van der Waals surface area contributed by atoms with Gasteiger partial charge in [0.25, 0.3) is 11.7 Å². The highest BCUT2D eigenvalue weighted by Crippen LogP contribution is 2.32. The van der Waals surface area contributed by atoms with E-state index in [-0.39, 0.29) is 18.0 Å². The molecule has 0 saturated heterocycles. The monoisotopic (exact) mass is 350 g/mol. The first-order valence-electron chi connectivity index (χ1n) is 5.82. The Bertz CT molecular complexity index is 783. The third-order valence-corrected chi connectivity index (χ3v) is 3.52. The van der Waals surface area contributed by atoms with Crippen molar-refractivity contribution in [2.75, 3.05) is 4.90 Å². The lowest BCUT2D eigenvalue weighted by atomic mass is 10.1. The van der Waals surface area contributed by atoms with Crippen molar-refractivity contribution in [3.05, 3.63) is 45.8 Å². The predicted octanol–water partition coefficient (Wildman–Crippen LogP) is 1.86. The zero-order chi connectivity index (χ0) is 15.1. The van der Waals surface area contributed by atoms with Gasteiger partial charge in [0.2, 0.25) is 0 Å². The molecule has 1 N–H and O–H groups in total. The number of aromatic carboxylic acids is 1. The van der Waals surface area contributed by atoms with Crippen LogP contribution in [0.25, 0.3) is 0 Å². The number of carbonyl (C=O) groups is 3. The number of carboxylic acid groups (broad SMARTS) is 1. The van der Waals surface area contributed by atoms with Gasteiger partial charge in [-0.05, 0) is 18.2 Å². The average Bonchev–Trinajstić information content (AvgIpc) is 2.99. The van der Waals surface area contributed by atoms with E-state index in [1.165, 1.54) is 11.0 Å². The third kappa shape index (κ3) is 2.23. The quantitative estimate of drug-likeness (QED) is 0.848. The second-order valence-corrected chi connectivity index (χ2v) is 5.28. The molecule has 1 aromatic heterocycles. The molecule has 0 atom stereocenters. The fourth-order valence-corrected chi connectivity index (χ4v) is 2.43. The number of hydrogen-bond donors (Lipinski definition) is 1. The van der Waals surface area contributed by atoms with Gasteiger partial charge in [-0.2, -0.15) is 0 Å². The van der Waals surface area contributed by atoms with Crippen LogP contribution in [0.3, 0.4) is 0 Å². The molecule has 0 aliphatic carbocycles. The van der Waals surface area contributed by atoms with Crippen LogP contribution in [0.1, 0.15) is 26.6 Å². The third-order valence-electron chi connectivity index (χ3n) is 3.03. The minimum absolute atomic E-state index is 0.0561. The molecule has 0 bridgehead atoms. The van der Waals surface area contributed by atoms with Crippen LogP contribution in [0.4, 0.5) is 5.69 Å². The van der Waals surface area contributed by atoms with E-state index in [4.69, 9.17) is 9.63 Å². The summed E-state index contributed by atoms with van der Waals surface area (Å²) in [6.07, 6.45) is 0. The normalized spacial score (nSPS) is 13.7. The lowest BCUT2D eigenvalue weighted by Crippen LogP contribution is -2.28. The first-order chi connectivity index (χ1) is 9.97. The molecule has 0 saturated carbocycles. The number of halogens is 1. The largest absolute Gasteiger partial charge is 0.476 e. The summed E-state index contributed by atoms with van der Waals surface area (Å²) in [5, 5.41) is 12.1. The molecule has 2 aromatic rings. The van der Waals surface area contributed by atoms with Gasteiger partial charge >= 0.3 is 5.97 Å². The molecule has 0 spiro atoms. The molecule has 1 aliphatic heterocycles. The number of amides is 1. The number of benzene rings is 1. The maximum absolute atomic E-state index is 12.0. The second kappa shape index (κ2) is 4.81. The van der Waals surface area contributed by atoms with E-state index in [9.17, 15) is 14.4 Å². The van der Waals surface area contributed by atoms with Crippen LogP contribution >= 0.6 is 15.9 Å². The second-order valence-electron chi connectivity index (χ2n) is 4.37. The summed E-state index contributed by atoms with van der Waals surface area (Å²) in [7, 11) is 0. The molecule has 1 aliphatic rings. The number of nitrogens with zero attached hydrogens (tertiary/aromatic N) is 2. The van der Waals surface area contributed by atoms with Gasteiger partial charge in [-0.1, -0.05) is 21.1 Å². The van der Waals surface area contributed by atoms with E-state index in [0.717, 1.165) is 0 Å². The maximum atomic E-state index is 12.0. The van der Waals surface area contributed by atoms with Gasteiger partial charge in [0.1, 0.15) is 0 Å². The standard InChI is InChI=1S/C13H7BrN2O5/c14-6-1-2-10-8(3-6)11(17)12(18)16(10)5-7-4-9(13(19)20)15-21-7/h1-4H,5H2,(H,19,20). The Morgan fingerprint density at radius 2 is 2.10 bits per heavy atom. The molecule has 0 radical (unpaired) electrons. The fourth-order valence-electron chi connectivity index (χ4n) is 2.07. The molecule has 1 amide bonds. The molecule has 0 unspecified atom stereocenters. The van der Waals surface area contributed by atoms with Crippen molar-refractivity contribution >= 4 is 39.3 Å². The topological polar surface area (TPSA) is 101 Å². The molecule has 7 nitrogen and oxygen atoms in total. The number of fused-ring (bicyclic) bond motifs is 1. The summed E-state index contributed by atoms with van der Waals surface area (Å²) in [6, 6.07) is 6.13. The highest BCUT2D eigenvalue weighted by Gasteiger charge is 2.36. The molecule has 21 heavy (non-hydrogen) atoms. The summed E-state index contributed by atoms with van der Waals surface area (Å²) >= 11 is 3.24. The van der Waals surface area contributed by atoms with E-state index in [0.29, 0.717) is 15.7 Å². The highest BCUT2D eigenvalue weighted by molar-refractivity contribution is 9.10. The Morgan fingerprint density at radius 3 is 2.76 bits per heavy atom. The van der Waals surface area contributed by atoms with Gasteiger partial charge in [0.05, 0.1) is 17.8 Å². The van der Waals surface area contributed by atoms with Crippen LogP contribution < -0.4 is 4.90 Å². The van der Waals surface area contributed by atoms with E-state index < -0.39 is 17.7 Å². The van der Waals surface area contributed by atoms with E-state index in [1.807, 2.05) is 0 Å². The zero-order valence-corrected chi connectivity index (χ0v) is 12.0. The first-order valence-corrected chi connectivity index (χ1v) is 6.61. The van der Waals surface area contributed by atoms with Crippen molar-refractivity contribution in [1.29, 1.82) is 0 Å². The Balaban J connectivity index is 1.94. The van der Waals surface area contributed by atoms with Gasteiger partial charge in [0, 0.05) is 10.5 Å². The van der Waals surface area contributed by atoms with Gasteiger partial charge in [-0.3, -0.25) is 14.5 Å². The van der Waals surface area contributed by atoms with Crippen molar-refractivity contribution in [1.82, 2.24) is 5.16 Å². The summed E-state index contributed by atoms with van der Waals surface area (Å²) < 4.78 is 5.56. The van der Waals surface area contributed by atoms with Crippen molar-refractivity contribution < 1.29 is 24.0 Å². The van der Waals surface area contributed by atoms with Crippen LogP contribution in [-0.4, -0.2) is 27.9 Å². The fraction of sp³-hybridized carbons (Fsp3) is 0.0769. The summed E-state index contributed by atoms with van der Waals surface area (Å²) in [5.41, 5.74) is 0.507. The Morgan fingerprint density at radius 1 is 1.33 bits per heavy atom. The Kier molecular flexibility index (Phi) is 3.09. The maximum Gasteiger partial charge on any atom is 0.358 e. The number of rotatable bonds is 3. The molecule has 1 aromatic carbocycles. The number of ketones is 1. The number of carboxylic acids is 1. The lowest BCUT2D eigenvalue weighted by Gasteiger charge is -2.14. The smallest absolute Gasteiger partial charge is 0.358 e. The minimum Gasteiger partial charge on any atom is -0.476 e. The van der Waals surface area contributed by atoms with Crippen LogP contribution in [0.15, 0.2) is 33.3 Å². The van der Waals surface area contributed by atoms with E-state index in [2.05, 4.69) is 21.1 Å². The van der Waals surface area contributed by atoms with Crippen molar-refractivity contribution in [3.63, 3.8) is 0 Å². The predicted molar refractivity (Wildman–Crippen MR) is 73.1 cm³/mol. The summed E-state index contributed by atoms with van der Waals surface area (Å²) in [4.78, 5) is 35.9. The number of carbonyl (C=O) groups excluding carboxylic acids is 2. The number of anilines is 1. The molecular weight excluding hydrogens is 344 g/mol. The molecule has 0 fully saturated rings. The van der Waals surface area contributed by atoms with Gasteiger partial charge < -0.3 is 9.63 Å². The van der Waals surface area contributed by atoms with Gasteiger partial charge in [-0.15, -0.1) is 0 Å². The highest BCUT2D eigenvalue weighted by atomic mass is 79.9. The van der Waals surface area contributed by atoms with Crippen molar-refractivity contribution in [2.45, 2.75) is 6.54 Å². The summed E-state index contributed by atoms with van der Waals surface area (Å²) in [6.45, 7) is -0.0561. The summed E-state index contributed by atoms with van der Waals surface area (Å²) in [5.74, 6) is -2.33. The minimum atomic E-state index is -1.22. The van der Waals surface area contributed by atoms with Crippen LogP contribution in [0.2, 0.25) is 0 Å². The molecular formula is C13H7BrN2O5. The Labute approximate surface area is 126 Å².